The van der Waals surface area contributed by atoms with Crippen LogP contribution in [0, 0.1) is 17.8 Å². The quantitative estimate of drug-likeness (QED) is 0.349. The van der Waals surface area contributed by atoms with Crippen LogP contribution in [0.4, 0.5) is 0 Å². The van der Waals surface area contributed by atoms with E-state index in [0.717, 1.165) is 5.57 Å². The number of rotatable bonds is 7. The fourth-order valence-corrected chi connectivity index (χ4v) is 3.98. The topological polar surface area (TPSA) is 121 Å². The van der Waals surface area contributed by atoms with Gasteiger partial charge in [-0.2, -0.15) is 0 Å². The van der Waals surface area contributed by atoms with Crippen LogP contribution in [0.1, 0.15) is 39.0 Å². The van der Waals surface area contributed by atoms with E-state index in [-0.39, 0.29) is 53.7 Å². The molecule has 0 bridgehead atoms. The monoisotopic (exact) mass is 362 g/mol. The molecule has 7 atom stereocenters. The zero-order valence-corrected chi connectivity index (χ0v) is 16.9. The molecule has 0 amide bonds. The number of carboxylic acids is 1. The first-order valence-electron chi connectivity index (χ1n) is 8.60. The number of hydrogen-bond acceptors (Lipinski definition) is 6. The number of hydrogen-bond donors (Lipinski definition) is 4. The maximum Gasteiger partial charge on any atom is 1.00 e. The normalized spacial score (nSPS) is 33.6. The Kier molecular flexibility index (Phi) is 9.32. The van der Waals surface area contributed by atoms with E-state index >= 15 is 0 Å². The minimum Gasteiger partial charge on any atom is -0.550 e. The van der Waals surface area contributed by atoms with Gasteiger partial charge in [-0.15, -0.1) is 0 Å². The van der Waals surface area contributed by atoms with E-state index in [2.05, 4.69) is 13.0 Å². The third kappa shape index (κ3) is 6.47. The van der Waals surface area contributed by atoms with Gasteiger partial charge in [-0.25, -0.2) is 0 Å². The summed E-state index contributed by atoms with van der Waals surface area (Å²) in [6, 6.07) is 0. The molecule has 0 heterocycles. The Bertz CT molecular complexity index is 506. The maximum absolute atomic E-state index is 10.4. The molecule has 0 saturated heterocycles. The first-order chi connectivity index (χ1) is 11.3. The molecule has 0 aliphatic heterocycles. The van der Waals surface area contributed by atoms with E-state index in [9.17, 15) is 30.3 Å². The first-order valence-corrected chi connectivity index (χ1v) is 8.60. The second-order valence-corrected chi connectivity index (χ2v) is 7.14. The Balaban J connectivity index is 0.00000312. The molecule has 7 heteroatoms. The molecule has 4 N–H and O–H groups in total. The van der Waals surface area contributed by atoms with Crippen LogP contribution in [0.15, 0.2) is 23.8 Å². The van der Waals surface area contributed by atoms with Crippen LogP contribution in [0.2, 0.25) is 0 Å². The predicted octanol–water partition coefficient (Wildman–Crippen LogP) is -3.49. The minimum atomic E-state index is -1.33. The van der Waals surface area contributed by atoms with E-state index in [1.807, 2.05) is 6.08 Å². The van der Waals surface area contributed by atoms with E-state index in [1.54, 1.807) is 6.08 Å². The largest absolute Gasteiger partial charge is 1.00 e. The van der Waals surface area contributed by atoms with E-state index in [0.29, 0.717) is 19.3 Å². The first kappa shape index (κ1) is 22.8. The van der Waals surface area contributed by atoms with Crippen molar-refractivity contribution in [1.29, 1.82) is 0 Å². The van der Waals surface area contributed by atoms with Gasteiger partial charge in [0.2, 0.25) is 0 Å². The molecule has 0 aromatic heterocycles. The average Bonchev–Trinajstić information content (AvgIpc) is 2.45. The van der Waals surface area contributed by atoms with Crippen molar-refractivity contribution in [3.05, 3.63) is 23.8 Å². The van der Waals surface area contributed by atoms with Crippen molar-refractivity contribution in [1.82, 2.24) is 0 Å². The van der Waals surface area contributed by atoms with Crippen molar-refractivity contribution < 1.29 is 59.9 Å². The van der Waals surface area contributed by atoms with Crippen LogP contribution >= 0.6 is 0 Å². The van der Waals surface area contributed by atoms with Crippen molar-refractivity contribution >= 4 is 5.97 Å². The van der Waals surface area contributed by atoms with Crippen molar-refractivity contribution in [2.75, 3.05) is 0 Å². The molecule has 0 aromatic carbocycles. The molecule has 25 heavy (non-hydrogen) atoms. The molecule has 2 rings (SSSR count). The Hall–Kier alpha value is -0.210. The molecule has 2 aliphatic carbocycles. The van der Waals surface area contributed by atoms with Gasteiger partial charge in [-0.1, -0.05) is 25.2 Å². The van der Waals surface area contributed by atoms with Gasteiger partial charge in [0.25, 0.3) is 0 Å². The van der Waals surface area contributed by atoms with E-state index in [1.165, 1.54) is 0 Å². The molecule has 0 aromatic rings. The molecule has 2 aliphatic rings. The Morgan fingerprint density at radius 2 is 2.00 bits per heavy atom. The number of aliphatic hydroxyl groups excluding tert-OH is 4. The van der Waals surface area contributed by atoms with Crippen LogP contribution in [-0.4, -0.2) is 50.8 Å². The average molecular weight is 362 g/mol. The van der Waals surface area contributed by atoms with Gasteiger partial charge in [0.1, 0.15) is 0 Å². The predicted molar refractivity (Wildman–Crippen MR) is 85.5 cm³/mol. The maximum atomic E-state index is 10.4. The summed E-state index contributed by atoms with van der Waals surface area (Å²) in [6.07, 6.45) is 3.55. The van der Waals surface area contributed by atoms with Gasteiger partial charge >= 0.3 is 29.6 Å². The van der Waals surface area contributed by atoms with Crippen LogP contribution in [0.25, 0.3) is 0 Å². The molecule has 0 saturated carbocycles. The van der Waals surface area contributed by atoms with Crippen molar-refractivity contribution in [3.63, 3.8) is 0 Å². The fourth-order valence-electron chi connectivity index (χ4n) is 3.98. The molecular weight excluding hydrogens is 335 g/mol. The van der Waals surface area contributed by atoms with Crippen LogP contribution in [-0.2, 0) is 4.79 Å². The van der Waals surface area contributed by atoms with Gasteiger partial charge in [0.05, 0.1) is 24.4 Å². The van der Waals surface area contributed by atoms with Gasteiger partial charge in [0, 0.05) is 24.7 Å². The Labute approximate surface area is 170 Å². The summed E-state index contributed by atoms with van der Waals surface area (Å²) in [5.74, 6) is -1.03. The molecule has 136 valence electrons. The van der Waals surface area contributed by atoms with E-state index < -0.39 is 36.8 Å². The van der Waals surface area contributed by atoms with Crippen molar-refractivity contribution in [2.45, 2.75) is 63.4 Å². The van der Waals surface area contributed by atoms with Gasteiger partial charge in [-0.05, 0) is 36.7 Å². The smallest absolute Gasteiger partial charge is 0.550 e. The number of carboxylic acid groups (broad SMARTS) is 1. The molecule has 7 unspecified atom stereocenters. The van der Waals surface area contributed by atoms with Crippen LogP contribution in [0.3, 0.4) is 0 Å². The van der Waals surface area contributed by atoms with Crippen molar-refractivity contribution in [2.24, 2.45) is 17.8 Å². The molecule has 0 spiro atoms. The third-order valence-electron chi connectivity index (χ3n) is 5.18. The van der Waals surface area contributed by atoms with E-state index in [4.69, 9.17) is 0 Å². The van der Waals surface area contributed by atoms with Gasteiger partial charge in [-0.3, -0.25) is 0 Å². The van der Waals surface area contributed by atoms with Crippen molar-refractivity contribution in [3.8, 4) is 0 Å². The second-order valence-electron chi connectivity index (χ2n) is 7.14. The van der Waals surface area contributed by atoms with Gasteiger partial charge in [0.15, 0.2) is 0 Å². The number of fused-ring (bicyclic) bond motifs is 1. The summed E-state index contributed by atoms with van der Waals surface area (Å²) in [4.78, 5) is 10.4. The van der Waals surface area contributed by atoms with Gasteiger partial charge < -0.3 is 30.3 Å². The number of allylic oxidation sites excluding steroid dienone is 2. The number of aliphatic carboxylic acids is 1. The number of carbonyl (C=O) groups excluding carboxylic acids is 1. The molecular formula is C18H27NaO6. The van der Waals surface area contributed by atoms with Crippen LogP contribution < -0.4 is 34.7 Å². The summed E-state index contributed by atoms with van der Waals surface area (Å²) in [7, 11) is 0. The minimum absolute atomic E-state index is 0. The summed E-state index contributed by atoms with van der Waals surface area (Å²) < 4.78 is 0. The summed E-state index contributed by atoms with van der Waals surface area (Å²) >= 11 is 0. The third-order valence-corrected chi connectivity index (χ3v) is 5.18. The number of carbonyl (C=O) groups is 1. The molecule has 0 fully saturated rings. The fraction of sp³-hybridized carbons (Fsp3) is 0.722. The second kappa shape index (κ2) is 10.2. The molecule has 0 radical (unpaired) electrons. The zero-order valence-electron chi connectivity index (χ0n) is 14.9. The summed E-state index contributed by atoms with van der Waals surface area (Å²) in [6.45, 7) is 2.06. The Morgan fingerprint density at radius 1 is 1.32 bits per heavy atom. The standard InChI is InChI=1S/C18H28O6.Na/c1-10-2-3-11-6-13(20)8-16(22)18(11)15(10)5-4-12(19)7-14(21)9-17(23)24;/h2-3,6,10,12-16,18-22H,4-5,7-9H2,1H3,(H,23,24);/q;+1/p-1. The zero-order chi connectivity index (χ0) is 17.9. The number of aliphatic hydroxyl groups is 4. The Morgan fingerprint density at radius 3 is 2.64 bits per heavy atom. The van der Waals surface area contributed by atoms with Crippen LogP contribution in [0.5, 0.6) is 0 Å². The molecule has 6 nitrogen and oxygen atoms in total. The SMILES string of the molecule is CC1C=CC2=CC(O)CC(O)C2C1CCC(O)CC(O)CC(=O)[O-].[Na+]. The summed E-state index contributed by atoms with van der Waals surface area (Å²) in [5.41, 5.74) is 0.941. The summed E-state index contributed by atoms with van der Waals surface area (Å²) in [5, 5.41) is 50.2.